The Labute approximate surface area is 105 Å². The molecule has 0 aliphatic rings. The predicted molar refractivity (Wildman–Crippen MR) is 68.8 cm³/mol. The van der Waals surface area contributed by atoms with Gasteiger partial charge in [0.25, 0.3) is 0 Å². The zero-order valence-electron chi connectivity index (χ0n) is 9.53. The van der Waals surface area contributed by atoms with Crippen molar-refractivity contribution in [1.29, 1.82) is 0 Å². The highest BCUT2D eigenvalue weighted by molar-refractivity contribution is 9.10. The normalized spacial score (nSPS) is 12.8. The van der Waals surface area contributed by atoms with Crippen LogP contribution in [0, 0.1) is 5.92 Å². The van der Waals surface area contributed by atoms with Gasteiger partial charge in [-0.2, -0.15) is 0 Å². The van der Waals surface area contributed by atoms with Crippen LogP contribution in [0.5, 0.6) is 0 Å². The maximum absolute atomic E-state index is 11.2. The van der Waals surface area contributed by atoms with Gasteiger partial charge in [-0.05, 0) is 17.5 Å². The third-order valence-corrected chi connectivity index (χ3v) is 3.22. The number of primary amides is 1. The van der Waals surface area contributed by atoms with Crippen LogP contribution < -0.4 is 11.1 Å². The summed E-state index contributed by atoms with van der Waals surface area (Å²) in [5.41, 5.74) is 6.45. The average molecular weight is 285 g/mol. The van der Waals surface area contributed by atoms with Gasteiger partial charge in [0.05, 0.1) is 6.04 Å². The van der Waals surface area contributed by atoms with Gasteiger partial charge in [-0.25, -0.2) is 0 Å². The van der Waals surface area contributed by atoms with Gasteiger partial charge < -0.3 is 11.1 Å². The second-order valence-electron chi connectivity index (χ2n) is 4.10. The fourth-order valence-corrected chi connectivity index (χ4v) is 1.95. The van der Waals surface area contributed by atoms with E-state index >= 15 is 0 Å². The number of halogens is 1. The second-order valence-corrected chi connectivity index (χ2v) is 4.95. The Morgan fingerprint density at radius 1 is 1.44 bits per heavy atom. The topological polar surface area (TPSA) is 55.1 Å². The molecule has 3 nitrogen and oxygen atoms in total. The van der Waals surface area contributed by atoms with Crippen LogP contribution in [0.4, 0.5) is 0 Å². The summed E-state index contributed by atoms with van der Waals surface area (Å²) in [6, 6.07) is 7.63. The first kappa shape index (κ1) is 13.2. The summed E-state index contributed by atoms with van der Waals surface area (Å²) < 4.78 is 1.04. The lowest BCUT2D eigenvalue weighted by Gasteiger charge is -2.19. The minimum atomic E-state index is -0.304. The Morgan fingerprint density at radius 2 is 2.06 bits per heavy atom. The number of rotatable bonds is 5. The molecule has 0 aliphatic heterocycles. The van der Waals surface area contributed by atoms with Crippen LogP contribution in [-0.4, -0.2) is 11.9 Å². The molecule has 0 aromatic heterocycles. The van der Waals surface area contributed by atoms with E-state index in [-0.39, 0.29) is 17.9 Å². The molecule has 88 valence electrons. The summed E-state index contributed by atoms with van der Waals surface area (Å²) in [7, 11) is 0. The van der Waals surface area contributed by atoms with Crippen LogP contribution in [0.25, 0.3) is 0 Å². The van der Waals surface area contributed by atoms with Crippen molar-refractivity contribution in [3.05, 3.63) is 34.3 Å². The van der Waals surface area contributed by atoms with Gasteiger partial charge in [-0.1, -0.05) is 48.0 Å². The number of benzene rings is 1. The molecule has 0 heterocycles. The Balaban J connectivity index is 2.63. The van der Waals surface area contributed by atoms with Gasteiger partial charge in [-0.15, -0.1) is 0 Å². The SMILES string of the molecule is CC(C)C(NCc1ccccc1Br)C(N)=O. The quantitative estimate of drug-likeness (QED) is 0.870. The Morgan fingerprint density at radius 3 is 2.56 bits per heavy atom. The first-order chi connectivity index (χ1) is 7.52. The molecule has 1 atom stereocenters. The summed E-state index contributed by atoms with van der Waals surface area (Å²) in [5, 5.41) is 3.17. The number of carbonyl (C=O) groups is 1. The van der Waals surface area contributed by atoms with Crippen molar-refractivity contribution in [3.63, 3.8) is 0 Å². The Bertz CT molecular complexity index is 366. The maximum atomic E-state index is 11.2. The van der Waals surface area contributed by atoms with Crippen LogP contribution in [0.15, 0.2) is 28.7 Å². The lowest BCUT2D eigenvalue weighted by Crippen LogP contribution is -2.44. The second kappa shape index (κ2) is 6.01. The van der Waals surface area contributed by atoms with Crippen molar-refractivity contribution < 1.29 is 4.79 Å². The molecule has 3 N–H and O–H groups in total. The standard InChI is InChI=1S/C12H17BrN2O/c1-8(2)11(12(14)16)15-7-9-5-3-4-6-10(9)13/h3-6,8,11,15H,7H2,1-2H3,(H2,14,16). The van der Waals surface area contributed by atoms with Gasteiger partial charge in [0, 0.05) is 11.0 Å². The highest BCUT2D eigenvalue weighted by Crippen LogP contribution is 2.16. The van der Waals surface area contributed by atoms with Crippen molar-refractivity contribution in [2.75, 3.05) is 0 Å². The van der Waals surface area contributed by atoms with Crippen molar-refractivity contribution >= 4 is 21.8 Å². The van der Waals surface area contributed by atoms with E-state index in [1.54, 1.807) is 0 Å². The summed E-state index contributed by atoms with van der Waals surface area (Å²) in [6.45, 7) is 4.58. The first-order valence-electron chi connectivity index (χ1n) is 5.28. The Kier molecular flexibility index (Phi) is 4.96. The number of amides is 1. The summed E-state index contributed by atoms with van der Waals surface area (Å²) >= 11 is 3.46. The molecular formula is C12H17BrN2O. The van der Waals surface area contributed by atoms with Gasteiger partial charge >= 0.3 is 0 Å². The summed E-state index contributed by atoms with van der Waals surface area (Å²) in [5.74, 6) is -0.109. The smallest absolute Gasteiger partial charge is 0.234 e. The average Bonchev–Trinajstić information content (AvgIpc) is 2.20. The van der Waals surface area contributed by atoms with Crippen molar-refractivity contribution in [3.8, 4) is 0 Å². The van der Waals surface area contributed by atoms with Gasteiger partial charge in [0.1, 0.15) is 0 Å². The number of nitrogens with two attached hydrogens (primary N) is 1. The molecule has 4 heteroatoms. The number of hydrogen-bond acceptors (Lipinski definition) is 2. The zero-order valence-corrected chi connectivity index (χ0v) is 11.1. The van der Waals surface area contributed by atoms with E-state index in [1.165, 1.54) is 0 Å². The third-order valence-electron chi connectivity index (χ3n) is 2.44. The Hall–Kier alpha value is -0.870. The monoisotopic (exact) mass is 284 g/mol. The number of carbonyl (C=O) groups excluding carboxylic acids is 1. The lowest BCUT2D eigenvalue weighted by molar-refractivity contribution is -0.121. The van der Waals surface area contributed by atoms with Crippen LogP contribution in [-0.2, 0) is 11.3 Å². The van der Waals surface area contributed by atoms with E-state index < -0.39 is 0 Å². The van der Waals surface area contributed by atoms with E-state index in [0.717, 1.165) is 10.0 Å². The molecule has 0 aliphatic carbocycles. The molecule has 0 spiro atoms. The van der Waals surface area contributed by atoms with Crippen LogP contribution in [0.1, 0.15) is 19.4 Å². The largest absolute Gasteiger partial charge is 0.368 e. The van der Waals surface area contributed by atoms with E-state index in [1.807, 2.05) is 38.1 Å². The van der Waals surface area contributed by atoms with E-state index in [4.69, 9.17) is 5.73 Å². The molecule has 1 unspecified atom stereocenters. The van der Waals surface area contributed by atoms with Crippen molar-refractivity contribution in [2.24, 2.45) is 11.7 Å². The zero-order chi connectivity index (χ0) is 12.1. The summed E-state index contributed by atoms with van der Waals surface area (Å²) in [6.07, 6.45) is 0. The first-order valence-corrected chi connectivity index (χ1v) is 6.07. The van der Waals surface area contributed by atoms with Gasteiger partial charge in [0.15, 0.2) is 0 Å². The maximum Gasteiger partial charge on any atom is 0.234 e. The minimum Gasteiger partial charge on any atom is -0.368 e. The van der Waals surface area contributed by atoms with E-state index in [2.05, 4.69) is 21.2 Å². The van der Waals surface area contributed by atoms with Crippen LogP contribution in [0.3, 0.4) is 0 Å². The molecule has 1 amide bonds. The molecule has 16 heavy (non-hydrogen) atoms. The fourth-order valence-electron chi connectivity index (χ4n) is 1.53. The highest BCUT2D eigenvalue weighted by atomic mass is 79.9. The van der Waals surface area contributed by atoms with Gasteiger partial charge in [0.2, 0.25) is 5.91 Å². The molecule has 1 aromatic rings. The van der Waals surface area contributed by atoms with Gasteiger partial charge in [-0.3, -0.25) is 4.79 Å². The highest BCUT2D eigenvalue weighted by Gasteiger charge is 2.18. The molecular weight excluding hydrogens is 268 g/mol. The third kappa shape index (κ3) is 3.61. The van der Waals surface area contributed by atoms with Crippen LogP contribution >= 0.6 is 15.9 Å². The molecule has 0 fully saturated rings. The fraction of sp³-hybridized carbons (Fsp3) is 0.417. The predicted octanol–water partition coefficient (Wildman–Crippen LogP) is 2.05. The molecule has 1 aromatic carbocycles. The lowest BCUT2D eigenvalue weighted by atomic mass is 10.0. The molecule has 0 radical (unpaired) electrons. The molecule has 0 bridgehead atoms. The number of nitrogens with one attached hydrogen (secondary N) is 1. The minimum absolute atomic E-state index is 0.194. The van der Waals surface area contributed by atoms with Crippen molar-refractivity contribution in [1.82, 2.24) is 5.32 Å². The molecule has 0 saturated carbocycles. The molecule has 1 rings (SSSR count). The van der Waals surface area contributed by atoms with E-state index in [0.29, 0.717) is 6.54 Å². The number of hydrogen-bond donors (Lipinski definition) is 2. The molecule has 0 saturated heterocycles. The van der Waals surface area contributed by atoms with Crippen molar-refractivity contribution in [2.45, 2.75) is 26.4 Å². The summed E-state index contributed by atoms with van der Waals surface area (Å²) in [4.78, 5) is 11.2. The van der Waals surface area contributed by atoms with Crippen LogP contribution in [0.2, 0.25) is 0 Å². The van der Waals surface area contributed by atoms with E-state index in [9.17, 15) is 4.79 Å².